The predicted octanol–water partition coefficient (Wildman–Crippen LogP) is 2.05. The Hall–Kier alpha value is -2.63. The molecular weight excluding hydrogens is 280 g/mol. The highest BCUT2D eigenvalue weighted by Crippen LogP contribution is 2.33. The van der Waals surface area contributed by atoms with Gasteiger partial charge in [-0.15, -0.1) is 5.10 Å². The minimum Gasteiger partial charge on any atom is -0.486 e. The fourth-order valence-corrected chi connectivity index (χ4v) is 3.14. The van der Waals surface area contributed by atoms with Crippen LogP contribution in [-0.4, -0.2) is 32.8 Å². The lowest BCUT2D eigenvalue weighted by Gasteiger charge is -2.18. The van der Waals surface area contributed by atoms with E-state index in [1.165, 1.54) is 11.3 Å². The Balaban J connectivity index is 1.65. The first-order valence-corrected chi connectivity index (χ1v) is 7.52. The number of nitrogens with zero attached hydrogens (tertiary/aromatic N) is 4. The average molecular weight is 294 g/mol. The van der Waals surface area contributed by atoms with E-state index >= 15 is 0 Å². The summed E-state index contributed by atoms with van der Waals surface area (Å²) in [5.41, 5.74) is 3.44. The molecule has 0 saturated heterocycles. The van der Waals surface area contributed by atoms with Gasteiger partial charge in [0.05, 0.1) is 5.69 Å². The van der Waals surface area contributed by atoms with Crippen LogP contribution in [0.25, 0.3) is 17.2 Å². The number of fused-ring (bicyclic) bond motifs is 4. The summed E-state index contributed by atoms with van der Waals surface area (Å²) in [5, 5.41) is 4.65. The largest absolute Gasteiger partial charge is 0.486 e. The molecule has 1 aliphatic heterocycles. The standard InChI is InChI=1S/C16H14N4O2/c1-2-11-9-17-16-18-15(19-20(16)12(11)3-1)10-4-5-13-14(8-10)22-7-6-21-13/h4-5,8-9H,1-3,6-7H2. The summed E-state index contributed by atoms with van der Waals surface area (Å²) in [7, 11) is 0. The summed E-state index contributed by atoms with van der Waals surface area (Å²) in [5.74, 6) is 2.86. The molecule has 110 valence electrons. The van der Waals surface area contributed by atoms with Gasteiger partial charge in [-0.3, -0.25) is 0 Å². The summed E-state index contributed by atoms with van der Waals surface area (Å²) in [6.45, 7) is 1.17. The van der Waals surface area contributed by atoms with Gasteiger partial charge in [0.15, 0.2) is 17.3 Å². The van der Waals surface area contributed by atoms with Crippen LogP contribution in [0.2, 0.25) is 0 Å². The van der Waals surface area contributed by atoms with Gasteiger partial charge in [0.1, 0.15) is 13.2 Å². The minimum absolute atomic E-state index is 0.574. The Kier molecular flexibility index (Phi) is 2.41. The summed E-state index contributed by atoms with van der Waals surface area (Å²) in [6, 6.07) is 5.80. The second kappa shape index (κ2) is 4.43. The van der Waals surface area contributed by atoms with Gasteiger partial charge in [0.2, 0.25) is 0 Å². The molecule has 2 aliphatic rings. The van der Waals surface area contributed by atoms with Crippen LogP contribution in [0.3, 0.4) is 0 Å². The van der Waals surface area contributed by atoms with Crippen molar-refractivity contribution in [1.82, 2.24) is 19.6 Å². The molecular formula is C16H14N4O2. The van der Waals surface area contributed by atoms with Crippen molar-refractivity contribution in [2.75, 3.05) is 13.2 Å². The van der Waals surface area contributed by atoms with Crippen LogP contribution in [0.1, 0.15) is 17.7 Å². The molecule has 5 rings (SSSR count). The number of ether oxygens (including phenoxy) is 2. The van der Waals surface area contributed by atoms with E-state index in [2.05, 4.69) is 15.1 Å². The third-order valence-electron chi connectivity index (χ3n) is 4.21. The van der Waals surface area contributed by atoms with Crippen LogP contribution >= 0.6 is 0 Å². The highest BCUT2D eigenvalue weighted by Gasteiger charge is 2.19. The number of benzene rings is 1. The second-order valence-corrected chi connectivity index (χ2v) is 5.59. The van der Waals surface area contributed by atoms with E-state index in [1.54, 1.807) is 0 Å². The topological polar surface area (TPSA) is 61.5 Å². The smallest absolute Gasteiger partial charge is 0.252 e. The summed E-state index contributed by atoms with van der Waals surface area (Å²) in [4.78, 5) is 8.97. The molecule has 2 aromatic heterocycles. The van der Waals surface area contributed by atoms with Crippen molar-refractivity contribution in [1.29, 1.82) is 0 Å². The van der Waals surface area contributed by atoms with Crippen molar-refractivity contribution in [2.45, 2.75) is 19.3 Å². The minimum atomic E-state index is 0.574. The number of rotatable bonds is 1. The van der Waals surface area contributed by atoms with E-state index in [0.29, 0.717) is 24.8 Å². The second-order valence-electron chi connectivity index (χ2n) is 5.59. The Morgan fingerprint density at radius 3 is 2.91 bits per heavy atom. The van der Waals surface area contributed by atoms with Crippen LogP contribution in [0.5, 0.6) is 11.5 Å². The third-order valence-corrected chi connectivity index (χ3v) is 4.21. The van der Waals surface area contributed by atoms with E-state index in [4.69, 9.17) is 9.47 Å². The monoisotopic (exact) mass is 294 g/mol. The Labute approximate surface area is 126 Å². The molecule has 1 aromatic carbocycles. The molecule has 0 atom stereocenters. The first-order valence-electron chi connectivity index (χ1n) is 7.52. The first kappa shape index (κ1) is 12.0. The molecule has 0 radical (unpaired) electrons. The van der Waals surface area contributed by atoms with Gasteiger partial charge in [-0.25, -0.2) is 9.50 Å². The van der Waals surface area contributed by atoms with Gasteiger partial charge >= 0.3 is 0 Å². The molecule has 0 N–H and O–H groups in total. The molecule has 22 heavy (non-hydrogen) atoms. The predicted molar refractivity (Wildman–Crippen MR) is 79.2 cm³/mol. The molecule has 0 fully saturated rings. The first-order chi connectivity index (χ1) is 10.9. The van der Waals surface area contributed by atoms with E-state index in [0.717, 1.165) is 36.3 Å². The van der Waals surface area contributed by atoms with Crippen molar-refractivity contribution in [3.8, 4) is 22.9 Å². The lowest BCUT2D eigenvalue weighted by atomic mass is 10.2. The van der Waals surface area contributed by atoms with Gasteiger partial charge in [0.25, 0.3) is 5.78 Å². The van der Waals surface area contributed by atoms with Crippen LogP contribution in [0.4, 0.5) is 0 Å². The number of aryl methyl sites for hydroxylation is 2. The molecule has 3 heterocycles. The Morgan fingerprint density at radius 1 is 1.05 bits per heavy atom. The van der Waals surface area contributed by atoms with Gasteiger partial charge in [-0.1, -0.05) is 0 Å². The lowest BCUT2D eigenvalue weighted by Crippen LogP contribution is -2.15. The summed E-state index contributed by atoms with van der Waals surface area (Å²) >= 11 is 0. The zero-order valence-corrected chi connectivity index (χ0v) is 12.0. The molecule has 0 spiro atoms. The van der Waals surface area contributed by atoms with Gasteiger partial charge in [-0.05, 0) is 43.0 Å². The molecule has 0 amide bonds. The van der Waals surface area contributed by atoms with E-state index in [-0.39, 0.29) is 0 Å². The fourth-order valence-electron chi connectivity index (χ4n) is 3.14. The van der Waals surface area contributed by atoms with E-state index in [1.807, 2.05) is 28.9 Å². The van der Waals surface area contributed by atoms with Gasteiger partial charge in [-0.2, -0.15) is 4.98 Å². The van der Waals surface area contributed by atoms with Crippen molar-refractivity contribution < 1.29 is 9.47 Å². The van der Waals surface area contributed by atoms with Crippen molar-refractivity contribution in [3.63, 3.8) is 0 Å². The van der Waals surface area contributed by atoms with Gasteiger partial charge < -0.3 is 9.47 Å². The van der Waals surface area contributed by atoms with Crippen LogP contribution < -0.4 is 9.47 Å². The molecule has 6 nitrogen and oxygen atoms in total. The number of hydrogen-bond donors (Lipinski definition) is 0. The van der Waals surface area contributed by atoms with Crippen LogP contribution in [-0.2, 0) is 12.8 Å². The van der Waals surface area contributed by atoms with Crippen LogP contribution in [0, 0.1) is 0 Å². The lowest BCUT2D eigenvalue weighted by molar-refractivity contribution is 0.171. The SMILES string of the molecule is c1cc2c(cc1-c1nc3ncc4c(n3n1)CCC4)OCCO2. The molecule has 0 saturated carbocycles. The Bertz CT molecular complexity index is 887. The van der Waals surface area contributed by atoms with Crippen molar-refractivity contribution in [2.24, 2.45) is 0 Å². The molecule has 1 aliphatic carbocycles. The fraction of sp³-hybridized carbons (Fsp3) is 0.312. The molecule has 6 heteroatoms. The van der Waals surface area contributed by atoms with E-state index in [9.17, 15) is 0 Å². The highest BCUT2D eigenvalue weighted by molar-refractivity contribution is 5.62. The zero-order chi connectivity index (χ0) is 14.5. The normalized spacial score (nSPS) is 16.0. The quantitative estimate of drug-likeness (QED) is 0.687. The third kappa shape index (κ3) is 1.70. The van der Waals surface area contributed by atoms with Crippen LogP contribution in [0.15, 0.2) is 24.4 Å². The maximum absolute atomic E-state index is 5.63. The molecule has 0 unspecified atom stereocenters. The van der Waals surface area contributed by atoms with Crippen molar-refractivity contribution in [3.05, 3.63) is 35.7 Å². The highest BCUT2D eigenvalue weighted by atomic mass is 16.6. The molecule has 3 aromatic rings. The van der Waals surface area contributed by atoms with Gasteiger partial charge in [0, 0.05) is 11.8 Å². The summed E-state index contributed by atoms with van der Waals surface area (Å²) in [6.07, 6.45) is 5.21. The maximum atomic E-state index is 5.63. The maximum Gasteiger partial charge on any atom is 0.252 e. The average Bonchev–Trinajstić information content (AvgIpc) is 3.20. The number of hydrogen-bond acceptors (Lipinski definition) is 5. The zero-order valence-electron chi connectivity index (χ0n) is 12.0. The number of aromatic nitrogens is 4. The summed E-state index contributed by atoms with van der Waals surface area (Å²) < 4.78 is 13.1. The van der Waals surface area contributed by atoms with Crippen molar-refractivity contribution >= 4 is 5.78 Å². The molecule has 0 bridgehead atoms. The van der Waals surface area contributed by atoms with E-state index < -0.39 is 0 Å². The Morgan fingerprint density at radius 2 is 1.95 bits per heavy atom.